The molecule has 4 aromatic rings. The molecular weight excluding hydrogens is 378 g/mol. The minimum atomic E-state index is 0.600. The van der Waals surface area contributed by atoms with Crippen molar-refractivity contribution in [3.63, 3.8) is 0 Å². The van der Waals surface area contributed by atoms with Gasteiger partial charge in [0.05, 0.1) is 19.6 Å². The Kier molecular flexibility index (Phi) is 4.75. The second kappa shape index (κ2) is 7.71. The van der Waals surface area contributed by atoms with Crippen LogP contribution in [0.1, 0.15) is 12.8 Å². The largest absolute Gasteiger partial charge is 0.497 e. The van der Waals surface area contributed by atoms with E-state index >= 15 is 0 Å². The molecule has 2 aromatic carbocycles. The summed E-state index contributed by atoms with van der Waals surface area (Å²) in [4.78, 5) is 11.4. The highest BCUT2D eigenvalue weighted by Gasteiger charge is 2.25. The molecule has 1 aliphatic rings. The number of fused-ring (bicyclic) bond motifs is 1. The van der Waals surface area contributed by atoms with Crippen molar-refractivity contribution in [2.75, 3.05) is 32.2 Å². The summed E-state index contributed by atoms with van der Waals surface area (Å²) in [6, 6.07) is 15.9. The lowest BCUT2D eigenvalue weighted by Gasteiger charge is -2.17. The van der Waals surface area contributed by atoms with E-state index in [1.165, 1.54) is 12.8 Å². The predicted molar refractivity (Wildman–Crippen MR) is 117 cm³/mol. The van der Waals surface area contributed by atoms with Gasteiger partial charge in [-0.05, 0) is 54.8 Å². The molecule has 3 heterocycles. The Hall–Kier alpha value is -3.54. The van der Waals surface area contributed by atoms with Crippen molar-refractivity contribution >= 4 is 16.9 Å². The molecule has 1 saturated heterocycles. The third-order valence-corrected chi connectivity index (χ3v) is 5.60. The highest BCUT2D eigenvalue weighted by molar-refractivity contribution is 6.06. The number of anilines is 1. The first kappa shape index (κ1) is 18.5. The van der Waals surface area contributed by atoms with Gasteiger partial charge in [-0.2, -0.15) is 0 Å². The first-order chi connectivity index (χ1) is 14.8. The van der Waals surface area contributed by atoms with Crippen molar-refractivity contribution in [2.24, 2.45) is 0 Å². The van der Waals surface area contributed by atoms with Gasteiger partial charge in [-0.1, -0.05) is 12.1 Å². The molecule has 0 unspecified atom stereocenters. The number of ether oxygens (including phenoxy) is 2. The molecule has 30 heavy (non-hydrogen) atoms. The maximum Gasteiger partial charge on any atom is 0.232 e. The summed E-state index contributed by atoms with van der Waals surface area (Å²) in [6.07, 6.45) is 3.94. The summed E-state index contributed by atoms with van der Waals surface area (Å²) in [5, 5.41) is 0.954. The maximum atomic E-state index is 6.32. The summed E-state index contributed by atoms with van der Waals surface area (Å²) in [5.74, 6) is 3.33. The van der Waals surface area contributed by atoms with Crippen LogP contribution in [0.2, 0.25) is 0 Å². The molecule has 6 heteroatoms. The fourth-order valence-corrected chi connectivity index (χ4v) is 4.07. The van der Waals surface area contributed by atoms with E-state index in [1.54, 1.807) is 20.5 Å². The zero-order chi connectivity index (χ0) is 20.5. The molecule has 0 aliphatic carbocycles. The van der Waals surface area contributed by atoms with Crippen molar-refractivity contribution < 1.29 is 13.9 Å². The summed E-state index contributed by atoms with van der Waals surface area (Å²) in [6.45, 7) is 1.99. The Morgan fingerprint density at radius 3 is 2.00 bits per heavy atom. The molecule has 152 valence electrons. The Labute approximate surface area is 175 Å². The van der Waals surface area contributed by atoms with E-state index in [9.17, 15) is 0 Å². The number of benzene rings is 2. The first-order valence-corrected chi connectivity index (χ1v) is 10.1. The lowest BCUT2D eigenvalue weighted by Crippen LogP contribution is -2.19. The van der Waals surface area contributed by atoms with Crippen LogP contribution in [0.25, 0.3) is 33.6 Å². The molecule has 5 rings (SSSR count). The van der Waals surface area contributed by atoms with Crippen molar-refractivity contribution in [1.29, 1.82) is 0 Å². The second-order valence-corrected chi connectivity index (χ2v) is 7.33. The minimum Gasteiger partial charge on any atom is -0.497 e. The van der Waals surface area contributed by atoms with Crippen LogP contribution in [-0.4, -0.2) is 37.3 Å². The molecule has 0 bridgehead atoms. The van der Waals surface area contributed by atoms with Gasteiger partial charge in [-0.25, -0.2) is 9.97 Å². The van der Waals surface area contributed by atoms with Crippen molar-refractivity contribution in [3.05, 3.63) is 54.9 Å². The van der Waals surface area contributed by atoms with E-state index < -0.39 is 0 Å². The summed E-state index contributed by atoms with van der Waals surface area (Å²) in [5.41, 5.74) is 3.60. The van der Waals surface area contributed by atoms with Crippen molar-refractivity contribution in [3.8, 4) is 33.9 Å². The van der Waals surface area contributed by atoms with Crippen LogP contribution < -0.4 is 14.4 Å². The molecule has 1 aliphatic heterocycles. The smallest absolute Gasteiger partial charge is 0.232 e. The zero-order valence-electron chi connectivity index (χ0n) is 17.1. The van der Waals surface area contributed by atoms with Gasteiger partial charge >= 0.3 is 0 Å². The summed E-state index contributed by atoms with van der Waals surface area (Å²) >= 11 is 0. The lowest BCUT2D eigenvalue weighted by molar-refractivity contribution is 0.414. The topological polar surface area (TPSA) is 60.6 Å². The monoisotopic (exact) mass is 401 g/mol. The average molecular weight is 401 g/mol. The van der Waals surface area contributed by atoms with Crippen LogP contribution in [0, 0.1) is 0 Å². The molecule has 1 fully saturated rings. The van der Waals surface area contributed by atoms with Crippen LogP contribution in [0.15, 0.2) is 59.3 Å². The van der Waals surface area contributed by atoms with Crippen LogP contribution in [0.3, 0.4) is 0 Å². The van der Waals surface area contributed by atoms with E-state index in [0.29, 0.717) is 5.71 Å². The molecule has 0 amide bonds. The van der Waals surface area contributed by atoms with Gasteiger partial charge in [0.2, 0.25) is 5.71 Å². The van der Waals surface area contributed by atoms with E-state index in [4.69, 9.17) is 13.9 Å². The molecular formula is C24H23N3O3. The Morgan fingerprint density at radius 2 is 1.40 bits per heavy atom. The van der Waals surface area contributed by atoms with E-state index in [0.717, 1.165) is 58.2 Å². The van der Waals surface area contributed by atoms with Gasteiger partial charge < -0.3 is 18.8 Å². The van der Waals surface area contributed by atoms with E-state index in [2.05, 4.69) is 27.0 Å². The highest BCUT2D eigenvalue weighted by Crippen LogP contribution is 2.44. The number of hydrogen-bond acceptors (Lipinski definition) is 6. The molecule has 0 N–H and O–H groups in total. The predicted octanol–water partition coefficient (Wildman–Crippen LogP) is 5.17. The van der Waals surface area contributed by atoms with Crippen molar-refractivity contribution in [1.82, 2.24) is 9.97 Å². The Balaban J connectivity index is 1.76. The number of furan rings is 1. The maximum absolute atomic E-state index is 6.32. The van der Waals surface area contributed by atoms with Gasteiger partial charge in [-0.15, -0.1) is 0 Å². The lowest BCUT2D eigenvalue weighted by atomic mass is 9.99. The summed E-state index contributed by atoms with van der Waals surface area (Å²) in [7, 11) is 3.33. The van der Waals surface area contributed by atoms with Crippen LogP contribution >= 0.6 is 0 Å². The molecule has 0 spiro atoms. The molecule has 6 nitrogen and oxygen atoms in total. The average Bonchev–Trinajstić information content (AvgIpc) is 3.47. The normalized spacial score (nSPS) is 13.7. The fourth-order valence-electron chi connectivity index (χ4n) is 4.07. The molecule has 0 atom stereocenters. The number of methoxy groups -OCH3 is 2. The molecule has 2 aromatic heterocycles. The highest BCUT2D eigenvalue weighted by atomic mass is 16.5. The third-order valence-electron chi connectivity index (χ3n) is 5.60. The number of hydrogen-bond donors (Lipinski definition) is 0. The van der Waals surface area contributed by atoms with E-state index in [-0.39, 0.29) is 0 Å². The SMILES string of the molecule is COc1ccc(-c2oc3ncnc(N4CCCC4)c3c2-c2ccc(OC)cc2)cc1. The van der Waals surface area contributed by atoms with Gasteiger partial charge in [0.1, 0.15) is 29.4 Å². The zero-order valence-corrected chi connectivity index (χ0v) is 17.1. The number of nitrogens with zero attached hydrogens (tertiary/aromatic N) is 3. The van der Waals surface area contributed by atoms with E-state index in [1.807, 2.05) is 36.4 Å². The quantitative estimate of drug-likeness (QED) is 0.460. The fraction of sp³-hybridized carbons (Fsp3) is 0.250. The van der Waals surface area contributed by atoms with Crippen LogP contribution in [0.5, 0.6) is 11.5 Å². The van der Waals surface area contributed by atoms with Crippen molar-refractivity contribution in [2.45, 2.75) is 12.8 Å². The van der Waals surface area contributed by atoms with Gasteiger partial charge in [0.25, 0.3) is 0 Å². The van der Waals surface area contributed by atoms with Crippen LogP contribution in [0.4, 0.5) is 5.82 Å². The Morgan fingerprint density at radius 1 is 0.800 bits per heavy atom. The summed E-state index contributed by atoms with van der Waals surface area (Å²) < 4.78 is 17.0. The first-order valence-electron chi connectivity index (χ1n) is 10.1. The minimum absolute atomic E-state index is 0.600. The molecule has 0 radical (unpaired) electrons. The van der Waals surface area contributed by atoms with Crippen LogP contribution in [-0.2, 0) is 0 Å². The number of rotatable bonds is 5. The number of aromatic nitrogens is 2. The van der Waals surface area contributed by atoms with Gasteiger partial charge in [-0.3, -0.25) is 0 Å². The van der Waals surface area contributed by atoms with Gasteiger partial charge in [0.15, 0.2) is 0 Å². The second-order valence-electron chi connectivity index (χ2n) is 7.33. The third kappa shape index (κ3) is 3.14. The Bertz CT molecular complexity index is 1160. The molecule has 0 saturated carbocycles. The standard InChI is InChI=1S/C24H23N3O3/c1-28-18-9-5-16(6-10-18)20-21-23(27-13-3-4-14-27)25-15-26-24(21)30-22(20)17-7-11-19(29-2)12-8-17/h5-12,15H,3-4,13-14H2,1-2H3. The van der Waals surface area contributed by atoms with Gasteiger partial charge in [0, 0.05) is 24.2 Å².